The summed E-state index contributed by atoms with van der Waals surface area (Å²) in [5.41, 5.74) is 2.35. The molecule has 1 amide bonds. The van der Waals surface area contributed by atoms with Crippen LogP contribution in [-0.2, 0) is 9.53 Å². The molecule has 1 fully saturated rings. The maximum Gasteiger partial charge on any atom is 0.290 e. The van der Waals surface area contributed by atoms with Gasteiger partial charge in [-0.05, 0) is 49.2 Å². The molecule has 1 aromatic heterocycles. The first-order valence-electron chi connectivity index (χ1n) is 11.8. The van der Waals surface area contributed by atoms with Crippen molar-refractivity contribution < 1.29 is 23.8 Å². The lowest BCUT2D eigenvalue weighted by atomic mass is 9.95. The first-order valence-corrected chi connectivity index (χ1v) is 12.1. The van der Waals surface area contributed by atoms with Gasteiger partial charge in [0.2, 0.25) is 5.78 Å². The molecule has 1 unspecified atom stereocenters. The SMILES string of the molecule is Cc1ccc2oc(C(=O)C3=C(O)C(=O)N(CCCN4CCOCC4)C3c3ccc(Cl)cc3)cc2c1. The Morgan fingerprint density at radius 2 is 1.83 bits per heavy atom. The van der Waals surface area contributed by atoms with Crippen LogP contribution in [0.4, 0.5) is 0 Å². The lowest BCUT2D eigenvalue weighted by Crippen LogP contribution is -2.39. The number of benzene rings is 2. The van der Waals surface area contributed by atoms with Crippen molar-refractivity contribution in [1.29, 1.82) is 0 Å². The van der Waals surface area contributed by atoms with E-state index in [2.05, 4.69) is 4.90 Å². The Hall–Kier alpha value is -3.13. The summed E-state index contributed by atoms with van der Waals surface area (Å²) < 4.78 is 11.2. The van der Waals surface area contributed by atoms with Crippen molar-refractivity contribution in [2.24, 2.45) is 0 Å². The highest BCUT2D eigenvalue weighted by molar-refractivity contribution is 6.30. The molecule has 8 heteroatoms. The van der Waals surface area contributed by atoms with Gasteiger partial charge in [-0.15, -0.1) is 0 Å². The Kier molecular flexibility index (Phi) is 6.65. The molecule has 0 aliphatic carbocycles. The largest absolute Gasteiger partial charge is 0.503 e. The summed E-state index contributed by atoms with van der Waals surface area (Å²) >= 11 is 6.09. The zero-order valence-electron chi connectivity index (χ0n) is 19.5. The van der Waals surface area contributed by atoms with Gasteiger partial charge < -0.3 is 19.2 Å². The van der Waals surface area contributed by atoms with Crippen LogP contribution in [0.25, 0.3) is 11.0 Å². The summed E-state index contributed by atoms with van der Waals surface area (Å²) in [4.78, 5) is 30.7. The Morgan fingerprint density at radius 1 is 1.09 bits per heavy atom. The Morgan fingerprint density at radius 3 is 2.57 bits per heavy atom. The van der Waals surface area contributed by atoms with Crippen LogP contribution >= 0.6 is 11.6 Å². The molecule has 0 bridgehead atoms. The number of Topliss-reactive ketones (excluding diaryl/α,β-unsaturated/α-hetero) is 1. The second kappa shape index (κ2) is 9.85. The van der Waals surface area contributed by atoms with Gasteiger partial charge in [-0.3, -0.25) is 14.5 Å². The predicted octanol–water partition coefficient (Wildman–Crippen LogP) is 4.70. The van der Waals surface area contributed by atoms with Crippen LogP contribution in [0.2, 0.25) is 5.02 Å². The van der Waals surface area contributed by atoms with Crippen molar-refractivity contribution in [2.45, 2.75) is 19.4 Å². The number of carbonyl (C=O) groups excluding carboxylic acids is 2. The molecule has 0 spiro atoms. The number of furan rings is 1. The zero-order valence-corrected chi connectivity index (χ0v) is 20.3. The number of rotatable bonds is 7. The molecule has 1 atom stereocenters. The van der Waals surface area contributed by atoms with E-state index in [1.54, 1.807) is 35.2 Å². The molecule has 1 N–H and O–H groups in total. The standard InChI is InChI=1S/C27H27ClN2O5/c1-17-3-8-21-19(15-17)16-22(35-21)25(31)23-24(18-4-6-20(28)7-5-18)30(27(33)26(23)32)10-2-9-29-11-13-34-14-12-29/h3-8,15-16,24,32H,2,9-14H2,1H3. The highest BCUT2D eigenvalue weighted by Crippen LogP contribution is 2.40. The van der Waals surface area contributed by atoms with Gasteiger partial charge in [0, 0.05) is 36.6 Å². The van der Waals surface area contributed by atoms with Crippen LogP contribution in [0.1, 0.15) is 34.1 Å². The molecule has 3 aromatic rings. The fourth-order valence-corrected chi connectivity index (χ4v) is 4.93. The topological polar surface area (TPSA) is 83.2 Å². The minimum atomic E-state index is -0.730. The van der Waals surface area contributed by atoms with Crippen molar-refractivity contribution in [1.82, 2.24) is 9.80 Å². The van der Waals surface area contributed by atoms with E-state index in [4.69, 9.17) is 20.8 Å². The first-order chi connectivity index (χ1) is 16.9. The third-order valence-electron chi connectivity index (χ3n) is 6.61. The van der Waals surface area contributed by atoms with Crippen LogP contribution < -0.4 is 0 Å². The number of carbonyl (C=O) groups is 2. The molecule has 2 aromatic carbocycles. The van der Waals surface area contributed by atoms with Crippen LogP contribution in [-0.4, -0.2) is 66.0 Å². The molecule has 1 saturated heterocycles. The van der Waals surface area contributed by atoms with Crippen LogP contribution in [0.15, 0.2) is 64.3 Å². The van der Waals surface area contributed by atoms with E-state index in [-0.39, 0.29) is 11.3 Å². The van der Waals surface area contributed by atoms with E-state index in [1.165, 1.54) is 0 Å². The second-order valence-corrected chi connectivity index (χ2v) is 9.44. The maximum absolute atomic E-state index is 13.6. The van der Waals surface area contributed by atoms with Gasteiger partial charge >= 0.3 is 0 Å². The van der Waals surface area contributed by atoms with Crippen molar-refractivity contribution in [3.8, 4) is 0 Å². The number of ketones is 1. The highest BCUT2D eigenvalue weighted by atomic mass is 35.5. The van der Waals surface area contributed by atoms with Crippen LogP contribution in [0, 0.1) is 6.92 Å². The normalized spacial score (nSPS) is 19.2. The van der Waals surface area contributed by atoms with Gasteiger partial charge in [-0.2, -0.15) is 0 Å². The van der Waals surface area contributed by atoms with Gasteiger partial charge in [-0.25, -0.2) is 0 Å². The molecule has 182 valence electrons. The molecule has 0 radical (unpaired) electrons. The monoisotopic (exact) mass is 494 g/mol. The van der Waals surface area contributed by atoms with Crippen molar-refractivity contribution >= 4 is 34.3 Å². The number of fused-ring (bicyclic) bond motifs is 1. The maximum atomic E-state index is 13.6. The number of amides is 1. The minimum absolute atomic E-state index is 0.0273. The number of hydrogen-bond donors (Lipinski definition) is 1. The van der Waals surface area contributed by atoms with Crippen molar-refractivity contribution in [2.75, 3.05) is 39.4 Å². The fraction of sp³-hybridized carbons (Fsp3) is 0.333. The van der Waals surface area contributed by atoms with E-state index < -0.39 is 23.5 Å². The molecule has 5 rings (SSSR count). The van der Waals surface area contributed by atoms with Crippen LogP contribution in [0.3, 0.4) is 0 Å². The molecule has 35 heavy (non-hydrogen) atoms. The number of hydrogen-bond acceptors (Lipinski definition) is 6. The predicted molar refractivity (Wildman–Crippen MR) is 133 cm³/mol. The third kappa shape index (κ3) is 4.72. The summed E-state index contributed by atoms with van der Waals surface area (Å²) in [5, 5.41) is 12.2. The summed E-state index contributed by atoms with van der Waals surface area (Å²) in [6.07, 6.45) is 0.703. The number of nitrogens with zero attached hydrogens (tertiary/aromatic N) is 2. The average molecular weight is 495 g/mol. The number of aryl methyl sites for hydroxylation is 1. The molecule has 7 nitrogen and oxygen atoms in total. The summed E-state index contributed by atoms with van der Waals surface area (Å²) in [6, 6.07) is 13.6. The lowest BCUT2D eigenvalue weighted by Gasteiger charge is -2.30. The van der Waals surface area contributed by atoms with E-state index in [1.807, 2.05) is 25.1 Å². The van der Waals surface area contributed by atoms with E-state index in [0.29, 0.717) is 42.3 Å². The summed E-state index contributed by atoms with van der Waals surface area (Å²) in [6.45, 7) is 6.27. The third-order valence-corrected chi connectivity index (χ3v) is 6.86. The quantitative estimate of drug-likeness (QED) is 0.479. The molecule has 2 aliphatic rings. The molecular formula is C27H27ClN2O5. The van der Waals surface area contributed by atoms with Gasteiger partial charge in [0.25, 0.3) is 5.91 Å². The number of aliphatic hydroxyl groups is 1. The Bertz CT molecular complexity index is 1290. The zero-order chi connectivity index (χ0) is 24.5. The number of ether oxygens (including phenoxy) is 1. The fourth-order valence-electron chi connectivity index (χ4n) is 4.80. The highest BCUT2D eigenvalue weighted by Gasteiger charge is 2.44. The average Bonchev–Trinajstić information content (AvgIpc) is 3.39. The van der Waals surface area contributed by atoms with E-state index >= 15 is 0 Å². The van der Waals surface area contributed by atoms with Gasteiger partial charge in [0.05, 0.1) is 24.8 Å². The lowest BCUT2D eigenvalue weighted by molar-refractivity contribution is -0.129. The van der Waals surface area contributed by atoms with Crippen LogP contribution in [0.5, 0.6) is 0 Å². The van der Waals surface area contributed by atoms with E-state index in [0.717, 1.165) is 30.6 Å². The van der Waals surface area contributed by atoms with Gasteiger partial charge in [0.15, 0.2) is 11.5 Å². The van der Waals surface area contributed by atoms with Gasteiger partial charge in [-0.1, -0.05) is 35.4 Å². The van der Waals surface area contributed by atoms with Crippen molar-refractivity contribution in [3.63, 3.8) is 0 Å². The minimum Gasteiger partial charge on any atom is -0.503 e. The summed E-state index contributed by atoms with van der Waals surface area (Å²) in [7, 11) is 0. The van der Waals surface area contributed by atoms with Crippen molar-refractivity contribution in [3.05, 3.63) is 81.8 Å². The number of halogens is 1. The van der Waals surface area contributed by atoms with E-state index in [9.17, 15) is 14.7 Å². The Balaban J connectivity index is 1.45. The Labute approximate surface area is 208 Å². The van der Waals surface area contributed by atoms with Gasteiger partial charge in [0.1, 0.15) is 5.58 Å². The number of aliphatic hydroxyl groups excluding tert-OH is 1. The molecular weight excluding hydrogens is 468 g/mol. The smallest absolute Gasteiger partial charge is 0.290 e. The molecule has 3 heterocycles. The molecule has 0 saturated carbocycles. The summed E-state index contributed by atoms with van der Waals surface area (Å²) in [5.74, 6) is -1.49. The second-order valence-electron chi connectivity index (χ2n) is 9.00. The first kappa shape index (κ1) is 23.6. The number of morpholine rings is 1. The molecule has 2 aliphatic heterocycles.